The van der Waals surface area contributed by atoms with Crippen LogP contribution in [-0.4, -0.2) is 11.8 Å². The highest BCUT2D eigenvalue weighted by molar-refractivity contribution is 6.34. The molecule has 5 rings (SSSR count). The maximum absolute atomic E-state index is 12.6. The standard InChI is InChI=1S/C20H11NO3/c22-19-14-6-1-2-7-15(14)20(23)21(19)12-9-10-18-16(11-12)13-5-3-4-8-17(13)24-18/h1-11H. The Kier molecular flexibility index (Phi) is 2.48. The molecule has 0 atom stereocenters. The van der Waals surface area contributed by atoms with Crippen LogP contribution in [0, 0.1) is 0 Å². The van der Waals surface area contributed by atoms with E-state index in [1.165, 1.54) is 4.90 Å². The number of para-hydroxylation sites is 1. The minimum Gasteiger partial charge on any atom is -0.456 e. The quantitative estimate of drug-likeness (QED) is 0.490. The van der Waals surface area contributed by atoms with Crippen LogP contribution in [0.5, 0.6) is 0 Å². The summed E-state index contributed by atoms with van der Waals surface area (Å²) in [5, 5.41) is 1.85. The highest BCUT2D eigenvalue weighted by Crippen LogP contribution is 2.34. The Morgan fingerprint density at radius 3 is 2.04 bits per heavy atom. The molecule has 0 spiro atoms. The zero-order valence-electron chi connectivity index (χ0n) is 12.5. The second kappa shape index (κ2) is 4.55. The highest BCUT2D eigenvalue weighted by Gasteiger charge is 2.36. The van der Waals surface area contributed by atoms with Gasteiger partial charge in [0.15, 0.2) is 0 Å². The summed E-state index contributed by atoms with van der Waals surface area (Å²) in [7, 11) is 0. The monoisotopic (exact) mass is 313 g/mol. The SMILES string of the molecule is O=C1c2ccccc2C(=O)N1c1ccc2oc3ccccc3c2c1. The zero-order chi connectivity index (χ0) is 16.3. The summed E-state index contributed by atoms with van der Waals surface area (Å²) in [5.74, 6) is -0.578. The van der Waals surface area contributed by atoms with Gasteiger partial charge in [-0.25, -0.2) is 4.90 Å². The van der Waals surface area contributed by atoms with Crippen molar-refractivity contribution in [3.8, 4) is 0 Å². The number of amides is 2. The third-order valence-corrected chi connectivity index (χ3v) is 4.41. The third-order valence-electron chi connectivity index (χ3n) is 4.41. The lowest BCUT2D eigenvalue weighted by atomic mass is 10.1. The lowest BCUT2D eigenvalue weighted by Crippen LogP contribution is -2.29. The molecule has 1 aliphatic heterocycles. The van der Waals surface area contributed by atoms with Gasteiger partial charge >= 0.3 is 0 Å². The summed E-state index contributed by atoms with van der Waals surface area (Å²) in [6.07, 6.45) is 0. The van der Waals surface area contributed by atoms with Crippen LogP contribution in [0.1, 0.15) is 20.7 Å². The van der Waals surface area contributed by atoms with E-state index in [9.17, 15) is 9.59 Å². The van der Waals surface area contributed by atoms with Crippen molar-refractivity contribution in [1.82, 2.24) is 0 Å². The van der Waals surface area contributed by atoms with Gasteiger partial charge in [-0.2, -0.15) is 0 Å². The molecule has 1 aliphatic rings. The number of hydrogen-bond donors (Lipinski definition) is 0. The van der Waals surface area contributed by atoms with Crippen molar-refractivity contribution in [3.05, 3.63) is 77.9 Å². The first-order chi connectivity index (χ1) is 11.7. The molecule has 114 valence electrons. The van der Waals surface area contributed by atoms with E-state index in [1.54, 1.807) is 36.4 Å². The fourth-order valence-corrected chi connectivity index (χ4v) is 3.28. The van der Waals surface area contributed by atoms with Gasteiger partial charge in [0, 0.05) is 10.8 Å². The van der Waals surface area contributed by atoms with Gasteiger partial charge in [0.1, 0.15) is 11.2 Å². The Morgan fingerprint density at radius 2 is 1.29 bits per heavy atom. The molecule has 0 N–H and O–H groups in total. The fraction of sp³-hybridized carbons (Fsp3) is 0. The molecule has 1 aromatic heterocycles. The number of carbonyl (C=O) groups is 2. The smallest absolute Gasteiger partial charge is 0.266 e. The number of rotatable bonds is 1. The van der Waals surface area contributed by atoms with Crippen LogP contribution >= 0.6 is 0 Å². The van der Waals surface area contributed by atoms with Crippen molar-refractivity contribution in [3.63, 3.8) is 0 Å². The number of hydrogen-bond acceptors (Lipinski definition) is 3. The van der Waals surface area contributed by atoms with Gasteiger partial charge < -0.3 is 4.42 Å². The summed E-state index contributed by atoms with van der Waals surface area (Å²) in [5.41, 5.74) is 2.96. The number of carbonyl (C=O) groups excluding carboxylic acids is 2. The maximum atomic E-state index is 12.6. The molecule has 4 heteroatoms. The minimum absolute atomic E-state index is 0.289. The summed E-state index contributed by atoms with van der Waals surface area (Å²) in [4.78, 5) is 26.5. The third kappa shape index (κ3) is 1.62. The summed E-state index contributed by atoms with van der Waals surface area (Å²) in [6, 6.07) is 20.0. The van der Waals surface area contributed by atoms with Crippen molar-refractivity contribution in [2.75, 3.05) is 4.90 Å². The number of nitrogens with zero attached hydrogens (tertiary/aromatic N) is 1. The lowest BCUT2D eigenvalue weighted by Gasteiger charge is -2.13. The van der Waals surface area contributed by atoms with Crippen molar-refractivity contribution in [1.29, 1.82) is 0 Å². The van der Waals surface area contributed by atoms with Crippen LogP contribution in [0.4, 0.5) is 5.69 Å². The van der Waals surface area contributed by atoms with Crippen LogP contribution in [-0.2, 0) is 0 Å². The van der Waals surface area contributed by atoms with Crippen molar-refractivity contribution in [2.24, 2.45) is 0 Å². The first-order valence-electron chi connectivity index (χ1n) is 7.63. The number of benzene rings is 3. The van der Waals surface area contributed by atoms with Crippen LogP contribution < -0.4 is 4.90 Å². The van der Waals surface area contributed by atoms with E-state index in [0.29, 0.717) is 16.8 Å². The number of anilines is 1. The molecule has 0 fully saturated rings. The average molecular weight is 313 g/mol. The molecule has 4 aromatic rings. The Hall–Kier alpha value is -3.40. The van der Waals surface area contributed by atoms with Crippen molar-refractivity contribution in [2.45, 2.75) is 0 Å². The summed E-state index contributed by atoms with van der Waals surface area (Å²) >= 11 is 0. The molecule has 2 heterocycles. The average Bonchev–Trinajstić information content (AvgIpc) is 3.11. The van der Waals surface area contributed by atoms with Crippen LogP contribution in [0.25, 0.3) is 21.9 Å². The molecule has 0 saturated heterocycles. The van der Waals surface area contributed by atoms with Gasteiger partial charge in [0.05, 0.1) is 16.8 Å². The highest BCUT2D eigenvalue weighted by atomic mass is 16.3. The lowest BCUT2D eigenvalue weighted by molar-refractivity contribution is 0.0926. The van der Waals surface area contributed by atoms with E-state index in [1.807, 2.05) is 30.3 Å². The van der Waals surface area contributed by atoms with Gasteiger partial charge in [-0.05, 0) is 36.4 Å². The van der Waals surface area contributed by atoms with E-state index in [-0.39, 0.29) is 11.8 Å². The Labute approximate surface area is 136 Å². The molecular formula is C20H11NO3. The van der Waals surface area contributed by atoms with Gasteiger partial charge in [0.2, 0.25) is 0 Å². The van der Waals surface area contributed by atoms with Gasteiger partial charge in [0.25, 0.3) is 11.8 Å². The van der Waals surface area contributed by atoms with E-state index < -0.39 is 0 Å². The Balaban J connectivity index is 1.71. The maximum Gasteiger partial charge on any atom is 0.266 e. The first kappa shape index (κ1) is 13.1. The minimum atomic E-state index is -0.289. The van der Waals surface area contributed by atoms with E-state index >= 15 is 0 Å². The van der Waals surface area contributed by atoms with Crippen LogP contribution in [0.3, 0.4) is 0 Å². The van der Waals surface area contributed by atoms with E-state index in [4.69, 9.17) is 4.42 Å². The predicted octanol–water partition coefficient (Wildman–Crippen LogP) is 4.39. The zero-order valence-corrected chi connectivity index (χ0v) is 12.5. The molecule has 0 saturated carbocycles. The van der Waals surface area contributed by atoms with Crippen LogP contribution in [0.15, 0.2) is 71.1 Å². The number of imide groups is 1. The molecular weight excluding hydrogens is 302 g/mol. The van der Waals surface area contributed by atoms with Crippen molar-refractivity contribution >= 4 is 39.4 Å². The normalized spacial score (nSPS) is 13.9. The molecule has 4 nitrogen and oxygen atoms in total. The second-order valence-corrected chi connectivity index (χ2v) is 5.77. The van der Waals surface area contributed by atoms with Crippen LogP contribution in [0.2, 0.25) is 0 Å². The van der Waals surface area contributed by atoms with Crippen molar-refractivity contribution < 1.29 is 14.0 Å². The predicted molar refractivity (Wildman–Crippen MR) is 91.3 cm³/mol. The molecule has 0 radical (unpaired) electrons. The largest absolute Gasteiger partial charge is 0.456 e. The summed E-state index contributed by atoms with van der Waals surface area (Å²) < 4.78 is 5.80. The van der Waals surface area contributed by atoms with Gasteiger partial charge in [-0.1, -0.05) is 30.3 Å². The fourth-order valence-electron chi connectivity index (χ4n) is 3.28. The molecule has 0 bridgehead atoms. The number of furan rings is 1. The molecule has 2 amide bonds. The Morgan fingerprint density at radius 1 is 0.667 bits per heavy atom. The second-order valence-electron chi connectivity index (χ2n) is 5.77. The van der Waals surface area contributed by atoms with Gasteiger partial charge in [-0.15, -0.1) is 0 Å². The number of fused-ring (bicyclic) bond motifs is 4. The Bertz CT molecular complexity index is 1120. The van der Waals surface area contributed by atoms with Gasteiger partial charge in [-0.3, -0.25) is 9.59 Å². The molecule has 0 unspecified atom stereocenters. The molecule has 0 aliphatic carbocycles. The molecule has 24 heavy (non-hydrogen) atoms. The first-order valence-corrected chi connectivity index (χ1v) is 7.63. The summed E-state index contributed by atoms with van der Waals surface area (Å²) in [6.45, 7) is 0. The van der Waals surface area contributed by atoms with E-state index in [0.717, 1.165) is 21.9 Å². The van der Waals surface area contributed by atoms with E-state index in [2.05, 4.69) is 0 Å². The molecule has 3 aromatic carbocycles. The topological polar surface area (TPSA) is 50.5 Å².